The van der Waals surface area contributed by atoms with Crippen LogP contribution in [-0.4, -0.2) is 11.7 Å². The van der Waals surface area contributed by atoms with Gasteiger partial charge in [0.05, 0.1) is 5.69 Å². The van der Waals surface area contributed by atoms with Gasteiger partial charge in [0, 0.05) is 5.69 Å². The second-order valence-electron chi connectivity index (χ2n) is 4.93. The number of hydrogen-bond acceptors (Lipinski definition) is 3. The average molecular weight is 337 g/mol. The van der Waals surface area contributed by atoms with Gasteiger partial charge in [-0.25, -0.2) is 0 Å². The van der Waals surface area contributed by atoms with E-state index in [0.717, 1.165) is 11.3 Å². The zero-order chi connectivity index (χ0) is 16.8. The molecule has 0 spiro atoms. The summed E-state index contributed by atoms with van der Waals surface area (Å²) >= 11 is 5.17. The minimum atomic E-state index is -2.83. The van der Waals surface area contributed by atoms with Crippen LogP contribution in [0.2, 0.25) is 0 Å². The summed E-state index contributed by atoms with van der Waals surface area (Å²) in [6.07, 6.45) is 0. The van der Waals surface area contributed by atoms with Gasteiger partial charge in [-0.05, 0) is 62.0 Å². The second-order valence-corrected chi connectivity index (χ2v) is 5.33. The van der Waals surface area contributed by atoms with Gasteiger partial charge in [-0.1, -0.05) is 17.7 Å². The van der Waals surface area contributed by atoms with E-state index in [-0.39, 0.29) is 5.75 Å². The maximum Gasteiger partial charge on any atom is 0.387 e. The number of rotatable bonds is 5. The smallest absolute Gasteiger partial charge is 0.387 e. The summed E-state index contributed by atoms with van der Waals surface area (Å²) < 4.78 is 28.4. The van der Waals surface area contributed by atoms with Gasteiger partial charge in [0.1, 0.15) is 5.75 Å². The molecule has 0 aliphatic rings. The molecule has 0 unspecified atom stereocenters. The summed E-state index contributed by atoms with van der Waals surface area (Å²) in [4.78, 5) is 0. The zero-order valence-electron chi connectivity index (χ0n) is 12.7. The van der Waals surface area contributed by atoms with Crippen LogP contribution in [0.3, 0.4) is 0 Å². The fourth-order valence-electron chi connectivity index (χ4n) is 1.96. The molecule has 0 saturated carbocycles. The molecular formula is C16H17F2N3OS. The van der Waals surface area contributed by atoms with E-state index in [1.807, 2.05) is 26.0 Å². The van der Waals surface area contributed by atoms with E-state index in [2.05, 4.69) is 27.0 Å². The van der Waals surface area contributed by atoms with Crippen molar-refractivity contribution >= 4 is 28.7 Å². The predicted octanol–water partition coefficient (Wildman–Crippen LogP) is 4.22. The quantitative estimate of drug-likeness (QED) is 0.563. The van der Waals surface area contributed by atoms with Gasteiger partial charge in [0.25, 0.3) is 0 Å². The Hall–Kier alpha value is -2.41. The molecule has 7 heteroatoms. The highest BCUT2D eigenvalue weighted by Crippen LogP contribution is 2.18. The van der Waals surface area contributed by atoms with Crippen molar-refractivity contribution in [1.82, 2.24) is 5.43 Å². The van der Waals surface area contributed by atoms with Crippen LogP contribution < -0.4 is 20.9 Å². The molecule has 0 aromatic heterocycles. The van der Waals surface area contributed by atoms with Crippen molar-refractivity contribution in [3.63, 3.8) is 0 Å². The topological polar surface area (TPSA) is 45.3 Å². The summed E-state index contributed by atoms with van der Waals surface area (Å²) in [5.41, 5.74) is 9.74. The number of thiocarbonyl (C=S) groups is 1. The Kier molecular flexibility index (Phi) is 5.70. The monoisotopic (exact) mass is 337 g/mol. The summed E-state index contributed by atoms with van der Waals surface area (Å²) in [7, 11) is 0. The molecule has 2 rings (SSSR count). The number of nitrogens with one attached hydrogen (secondary N) is 3. The molecule has 0 radical (unpaired) electrons. The Morgan fingerprint density at radius 2 is 1.78 bits per heavy atom. The number of ether oxygens (including phenoxy) is 1. The molecular weight excluding hydrogens is 320 g/mol. The van der Waals surface area contributed by atoms with Crippen LogP contribution in [0.1, 0.15) is 11.1 Å². The van der Waals surface area contributed by atoms with Gasteiger partial charge in [-0.2, -0.15) is 8.78 Å². The van der Waals surface area contributed by atoms with Crippen molar-refractivity contribution in [3.8, 4) is 5.75 Å². The lowest BCUT2D eigenvalue weighted by atomic mass is 10.1. The summed E-state index contributed by atoms with van der Waals surface area (Å²) in [6, 6.07) is 12.1. The second kappa shape index (κ2) is 7.73. The third-order valence-corrected chi connectivity index (χ3v) is 3.23. The number of benzene rings is 2. The molecule has 0 atom stereocenters. The Labute approximate surface area is 138 Å². The minimum Gasteiger partial charge on any atom is -0.435 e. The van der Waals surface area contributed by atoms with Crippen molar-refractivity contribution in [2.24, 2.45) is 0 Å². The number of halogens is 2. The van der Waals surface area contributed by atoms with Crippen LogP contribution in [0.4, 0.5) is 20.2 Å². The van der Waals surface area contributed by atoms with E-state index in [1.165, 1.54) is 17.7 Å². The highest BCUT2D eigenvalue weighted by atomic mass is 32.1. The molecule has 122 valence electrons. The number of alkyl halides is 2. The van der Waals surface area contributed by atoms with Crippen LogP contribution in [-0.2, 0) is 0 Å². The standard InChI is InChI=1S/C16H17F2N3OS/c1-10-3-8-14(11(2)9-10)20-21-16(23)19-12-4-6-13(7-5-12)22-15(17)18/h3-9,15,20H,1-2H3,(H2,19,21,23). The Bertz CT molecular complexity index is 678. The molecule has 4 nitrogen and oxygen atoms in total. The largest absolute Gasteiger partial charge is 0.435 e. The average Bonchev–Trinajstić information content (AvgIpc) is 2.48. The molecule has 0 heterocycles. The van der Waals surface area contributed by atoms with Crippen LogP contribution in [0.25, 0.3) is 0 Å². The van der Waals surface area contributed by atoms with Gasteiger partial charge >= 0.3 is 6.61 Å². The molecule has 2 aromatic carbocycles. The fraction of sp³-hybridized carbons (Fsp3) is 0.188. The third kappa shape index (κ3) is 5.37. The molecule has 0 bridgehead atoms. The number of anilines is 2. The van der Waals surface area contributed by atoms with E-state index in [1.54, 1.807) is 12.1 Å². The summed E-state index contributed by atoms with van der Waals surface area (Å²) in [5.74, 6) is 0.0952. The van der Waals surface area contributed by atoms with E-state index in [0.29, 0.717) is 10.8 Å². The normalized spacial score (nSPS) is 10.3. The van der Waals surface area contributed by atoms with Gasteiger partial charge in [0.2, 0.25) is 0 Å². The molecule has 3 N–H and O–H groups in total. The summed E-state index contributed by atoms with van der Waals surface area (Å²) in [6.45, 7) is 1.19. The molecule has 2 aromatic rings. The molecule has 0 aliphatic carbocycles. The lowest BCUT2D eigenvalue weighted by molar-refractivity contribution is -0.0498. The Morgan fingerprint density at radius 3 is 2.39 bits per heavy atom. The van der Waals surface area contributed by atoms with Gasteiger partial charge in [-0.3, -0.25) is 10.9 Å². The Morgan fingerprint density at radius 1 is 1.09 bits per heavy atom. The number of hydrogen-bond donors (Lipinski definition) is 3. The maximum absolute atomic E-state index is 12.1. The first-order valence-electron chi connectivity index (χ1n) is 6.89. The van der Waals surface area contributed by atoms with Crippen LogP contribution in [0.15, 0.2) is 42.5 Å². The molecule has 0 fully saturated rings. The maximum atomic E-state index is 12.1. The highest BCUT2D eigenvalue weighted by Gasteiger charge is 2.04. The van der Waals surface area contributed by atoms with Crippen LogP contribution >= 0.6 is 12.2 Å². The summed E-state index contributed by atoms with van der Waals surface area (Å²) in [5, 5.41) is 3.29. The zero-order valence-corrected chi connectivity index (χ0v) is 13.5. The van der Waals surface area contributed by atoms with Crippen LogP contribution in [0.5, 0.6) is 5.75 Å². The molecule has 0 saturated heterocycles. The van der Waals surface area contributed by atoms with E-state index < -0.39 is 6.61 Å². The first-order chi connectivity index (χ1) is 10.9. The van der Waals surface area contributed by atoms with E-state index in [9.17, 15) is 8.78 Å². The molecule has 23 heavy (non-hydrogen) atoms. The van der Waals surface area contributed by atoms with E-state index in [4.69, 9.17) is 12.2 Å². The van der Waals surface area contributed by atoms with Crippen molar-refractivity contribution in [1.29, 1.82) is 0 Å². The highest BCUT2D eigenvalue weighted by molar-refractivity contribution is 7.80. The molecule has 0 aliphatic heterocycles. The predicted molar refractivity (Wildman–Crippen MR) is 92.0 cm³/mol. The third-order valence-electron chi connectivity index (χ3n) is 3.03. The Balaban J connectivity index is 1.87. The van der Waals surface area contributed by atoms with Crippen molar-refractivity contribution < 1.29 is 13.5 Å². The van der Waals surface area contributed by atoms with Gasteiger partial charge in [-0.15, -0.1) is 0 Å². The SMILES string of the molecule is Cc1ccc(NNC(=S)Nc2ccc(OC(F)F)cc2)c(C)c1. The lowest BCUT2D eigenvalue weighted by Gasteiger charge is -2.14. The van der Waals surface area contributed by atoms with Gasteiger partial charge in [0.15, 0.2) is 5.11 Å². The van der Waals surface area contributed by atoms with E-state index >= 15 is 0 Å². The van der Waals surface area contributed by atoms with Crippen LogP contribution in [0, 0.1) is 13.8 Å². The minimum absolute atomic E-state index is 0.0952. The number of aryl methyl sites for hydroxylation is 2. The van der Waals surface area contributed by atoms with Gasteiger partial charge < -0.3 is 10.1 Å². The first kappa shape index (κ1) is 17.0. The van der Waals surface area contributed by atoms with Crippen molar-refractivity contribution in [2.75, 3.05) is 10.7 Å². The lowest BCUT2D eigenvalue weighted by Crippen LogP contribution is -2.33. The van der Waals surface area contributed by atoms with Crippen molar-refractivity contribution in [2.45, 2.75) is 20.5 Å². The van der Waals surface area contributed by atoms with Crippen molar-refractivity contribution in [3.05, 3.63) is 53.6 Å². The number of hydrazine groups is 1. The molecule has 0 amide bonds. The fourth-order valence-corrected chi connectivity index (χ4v) is 2.13. The first-order valence-corrected chi connectivity index (χ1v) is 7.30.